The number of hydrazone groups is 1. The van der Waals surface area contributed by atoms with Gasteiger partial charge in [-0.1, -0.05) is 29.3 Å². The van der Waals surface area contributed by atoms with Crippen LogP contribution in [0.1, 0.15) is 16.7 Å². The molecule has 0 aliphatic heterocycles. The summed E-state index contributed by atoms with van der Waals surface area (Å²) in [6.07, 6.45) is -2.80. The zero-order valence-electron chi connectivity index (χ0n) is 14.9. The molecule has 8 heteroatoms. The molecule has 0 radical (unpaired) electrons. The molecule has 0 aliphatic carbocycles. The van der Waals surface area contributed by atoms with E-state index in [4.69, 9.17) is 27.9 Å². The molecule has 0 amide bonds. The highest BCUT2D eigenvalue weighted by molar-refractivity contribution is 6.42. The maximum absolute atomic E-state index is 12.5. The number of anilines is 1. The van der Waals surface area contributed by atoms with Crippen molar-refractivity contribution in [1.82, 2.24) is 0 Å². The molecule has 0 saturated carbocycles. The normalized spacial score (nSPS) is 11.6. The van der Waals surface area contributed by atoms with Crippen LogP contribution in [0.25, 0.3) is 0 Å². The van der Waals surface area contributed by atoms with E-state index in [2.05, 4.69) is 10.5 Å². The van der Waals surface area contributed by atoms with Crippen molar-refractivity contribution >= 4 is 35.1 Å². The largest absolute Gasteiger partial charge is 0.489 e. The lowest BCUT2D eigenvalue weighted by molar-refractivity contribution is -0.137. The third kappa shape index (κ3) is 6.14. The second-order valence-corrected chi connectivity index (χ2v) is 6.87. The van der Waals surface area contributed by atoms with E-state index >= 15 is 0 Å². The number of hydrogen-bond acceptors (Lipinski definition) is 3. The molecule has 0 fully saturated rings. The predicted molar refractivity (Wildman–Crippen MR) is 110 cm³/mol. The molecule has 1 N–H and O–H groups in total. The Morgan fingerprint density at radius 2 is 1.59 bits per heavy atom. The Kier molecular flexibility index (Phi) is 6.67. The van der Waals surface area contributed by atoms with Crippen LogP contribution in [0, 0.1) is 0 Å². The SMILES string of the molecule is FC(F)(F)c1ccc(NN=Cc2ccc(OCc3ccc(Cl)c(Cl)c3)cc2)cc1. The van der Waals surface area contributed by atoms with Gasteiger partial charge in [-0.3, -0.25) is 5.43 Å². The fourth-order valence-corrected chi connectivity index (χ4v) is 2.68. The minimum Gasteiger partial charge on any atom is -0.489 e. The molecule has 150 valence electrons. The third-order valence-corrected chi connectivity index (χ3v) is 4.63. The molecular formula is C21H15Cl2F3N2O. The van der Waals surface area contributed by atoms with Crippen LogP contribution in [0.5, 0.6) is 5.75 Å². The van der Waals surface area contributed by atoms with Gasteiger partial charge in [-0.25, -0.2) is 0 Å². The van der Waals surface area contributed by atoms with E-state index in [9.17, 15) is 13.2 Å². The van der Waals surface area contributed by atoms with Crippen molar-refractivity contribution in [3.63, 3.8) is 0 Å². The molecule has 0 bridgehead atoms. The summed E-state index contributed by atoms with van der Waals surface area (Å²) in [6.45, 7) is 0.347. The second kappa shape index (κ2) is 9.20. The van der Waals surface area contributed by atoms with E-state index < -0.39 is 11.7 Å². The zero-order valence-corrected chi connectivity index (χ0v) is 16.4. The first kappa shape index (κ1) is 21.0. The van der Waals surface area contributed by atoms with E-state index in [-0.39, 0.29) is 0 Å². The minimum atomic E-state index is -4.36. The summed E-state index contributed by atoms with van der Waals surface area (Å²) in [6, 6.07) is 17.1. The molecule has 0 aromatic heterocycles. The molecule has 3 rings (SSSR count). The van der Waals surface area contributed by atoms with Gasteiger partial charge in [-0.2, -0.15) is 18.3 Å². The minimum absolute atomic E-state index is 0.347. The summed E-state index contributed by atoms with van der Waals surface area (Å²) in [5.41, 5.74) is 4.13. The van der Waals surface area contributed by atoms with Crippen molar-refractivity contribution in [2.24, 2.45) is 5.10 Å². The van der Waals surface area contributed by atoms with Gasteiger partial charge in [0.15, 0.2) is 0 Å². The summed E-state index contributed by atoms with van der Waals surface area (Å²) < 4.78 is 43.3. The third-order valence-electron chi connectivity index (χ3n) is 3.89. The van der Waals surface area contributed by atoms with Crippen molar-refractivity contribution in [3.05, 3.63) is 93.5 Å². The predicted octanol–water partition coefficient (Wildman–Crippen LogP) is 7.04. The fraction of sp³-hybridized carbons (Fsp3) is 0.0952. The standard InChI is InChI=1S/C21H15Cl2F3N2O/c22-19-10-3-15(11-20(19)23)13-29-18-8-1-14(2-9-18)12-27-28-17-6-4-16(5-7-17)21(24,25)26/h1-12,28H,13H2. The highest BCUT2D eigenvalue weighted by Crippen LogP contribution is 2.29. The number of hydrogen-bond donors (Lipinski definition) is 1. The lowest BCUT2D eigenvalue weighted by Crippen LogP contribution is -2.04. The molecule has 0 spiro atoms. The van der Waals surface area contributed by atoms with Crippen molar-refractivity contribution in [3.8, 4) is 5.75 Å². The summed E-state index contributed by atoms with van der Waals surface area (Å²) in [7, 11) is 0. The molecule has 3 aromatic carbocycles. The zero-order chi connectivity index (χ0) is 20.9. The molecule has 29 heavy (non-hydrogen) atoms. The van der Waals surface area contributed by atoms with Gasteiger partial charge in [-0.05, 0) is 71.8 Å². The number of halogens is 5. The molecule has 3 nitrogen and oxygen atoms in total. The van der Waals surface area contributed by atoms with Gasteiger partial charge in [-0.15, -0.1) is 0 Å². The average molecular weight is 439 g/mol. The van der Waals surface area contributed by atoms with E-state index in [1.807, 2.05) is 18.2 Å². The van der Waals surface area contributed by atoms with Crippen LogP contribution in [0.15, 0.2) is 71.8 Å². The van der Waals surface area contributed by atoms with Crippen molar-refractivity contribution in [2.45, 2.75) is 12.8 Å². The molecule has 3 aromatic rings. The number of benzene rings is 3. The summed E-state index contributed by atoms with van der Waals surface area (Å²) in [4.78, 5) is 0. The van der Waals surface area contributed by atoms with Crippen LogP contribution < -0.4 is 10.2 Å². The Morgan fingerprint density at radius 1 is 0.897 bits per heavy atom. The Labute approximate surface area is 175 Å². The molecule has 0 aliphatic rings. The molecule has 0 unspecified atom stereocenters. The monoisotopic (exact) mass is 438 g/mol. The van der Waals surface area contributed by atoms with Gasteiger partial charge < -0.3 is 4.74 Å². The number of rotatable bonds is 6. The van der Waals surface area contributed by atoms with Crippen LogP contribution in [0.4, 0.5) is 18.9 Å². The van der Waals surface area contributed by atoms with Crippen LogP contribution in [-0.4, -0.2) is 6.21 Å². The molecular weight excluding hydrogens is 424 g/mol. The molecule has 0 atom stereocenters. The Morgan fingerprint density at radius 3 is 2.21 bits per heavy atom. The van der Waals surface area contributed by atoms with Crippen molar-refractivity contribution in [1.29, 1.82) is 0 Å². The van der Waals surface area contributed by atoms with Gasteiger partial charge in [0.05, 0.1) is 27.5 Å². The lowest BCUT2D eigenvalue weighted by Gasteiger charge is -2.08. The fourth-order valence-electron chi connectivity index (χ4n) is 2.36. The van der Waals surface area contributed by atoms with E-state index in [1.54, 1.807) is 30.5 Å². The number of nitrogens with zero attached hydrogens (tertiary/aromatic N) is 1. The van der Waals surface area contributed by atoms with Gasteiger partial charge in [0.1, 0.15) is 12.4 Å². The summed E-state index contributed by atoms with van der Waals surface area (Å²) in [5, 5.41) is 4.98. The van der Waals surface area contributed by atoms with Crippen LogP contribution >= 0.6 is 23.2 Å². The van der Waals surface area contributed by atoms with Crippen LogP contribution in [0.2, 0.25) is 10.0 Å². The topological polar surface area (TPSA) is 33.6 Å². The second-order valence-electron chi connectivity index (χ2n) is 6.05. The highest BCUT2D eigenvalue weighted by Gasteiger charge is 2.29. The van der Waals surface area contributed by atoms with E-state index in [0.717, 1.165) is 23.3 Å². The molecule has 0 heterocycles. The molecule has 0 saturated heterocycles. The Bertz CT molecular complexity index is 988. The average Bonchev–Trinajstić information content (AvgIpc) is 2.70. The van der Waals surface area contributed by atoms with E-state index in [1.165, 1.54) is 12.1 Å². The lowest BCUT2D eigenvalue weighted by atomic mass is 10.2. The Balaban J connectivity index is 1.52. The maximum atomic E-state index is 12.5. The number of nitrogens with one attached hydrogen (secondary N) is 1. The first-order valence-electron chi connectivity index (χ1n) is 8.44. The van der Waals surface area contributed by atoms with Gasteiger partial charge in [0.25, 0.3) is 0 Å². The first-order valence-corrected chi connectivity index (χ1v) is 9.20. The van der Waals surface area contributed by atoms with Gasteiger partial charge in [0.2, 0.25) is 0 Å². The maximum Gasteiger partial charge on any atom is 0.416 e. The summed E-state index contributed by atoms with van der Waals surface area (Å²) >= 11 is 11.9. The number of alkyl halides is 3. The number of ether oxygens (including phenoxy) is 1. The van der Waals surface area contributed by atoms with Crippen LogP contribution in [0.3, 0.4) is 0 Å². The quantitative estimate of drug-likeness (QED) is 0.330. The van der Waals surface area contributed by atoms with Crippen LogP contribution in [-0.2, 0) is 12.8 Å². The smallest absolute Gasteiger partial charge is 0.416 e. The van der Waals surface area contributed by atoms with Gasteiger partial charge in [0, 0.05) is 0 Å². The van der Waals surface area contributed by atoms with Crippen molar-refractivity contribution in [2.75, 3.05) is 5.43 Å². The summed E-state index contributed by atoms with van der Waals surface area (Å²) in [5.74, 6) is 0.670. The Hall–Kier alpha value is -2.70. The van der Waals surface area contributed by atoms with Crippen molar-refractivity contribution < 1.29 is 17.9 Å². The van der Waals surface area contributed by atoms with Gasteiger partial charge >= 0.3 is 6.18 Å². The first-order chi connectivity index (χ1) is 13.8. The highest BCUT2D eigenvalue weighted by atomic mass is 35.5. The van der Waals surface area contributed by atoms with E-state index in [0.29, 0.717) is 28.1 Å².